The molecule has 132 valence electrons. The number of amides is 2. The molecule has 2 atom stereocenters. The zero-order valence-electron chi connectivity index (χ0n) is 14.0. The molecule has 3 N–H and O–H groups in total. The van der Waals surface area contributed by atoms with Crippen LogP contribution in [0.15, 0.2) is 35.1 Å². The molecular formula is C17H21N5O3. The molecule has 3 rings (SSSR count). The fourth-order valence-corrected chi connectivity index (χ4v) is 3.08. The molecule has 2 aromatic rings. The second kappa shape index (κ2) is 7.33. The number of hydrogen-bond donors (Lipinski definition) is 3. The van der Waals surface area contributed by atoms with Crippen LogP contribution in [0.1, 0.15) is 41.9 Å². The number of rotatable bonds is 4. The summed E-state index contributed by atoms with van der Waals surface area (Å²) in [5, 5.41) is 9.06. The third-order valence-electron chi connectivity index (χ3n) is 4.39. The van der Waals surface area contributed by atoms with Crippen molar-refractivity contribution in [1.82, 2.24) is 25.4 Å². The van der Waals surface area contributed by atoms with Crippen molar-refractivity contribution in [1.29, 1.82) is 0 Å². The smallest absolute Gasteiger partial charge is 0.340 e. The molecule has 0 saturated carbocycles. The Bertz CT molecular complexity index is 798. The number of aromatic amines is 2. The standard InChI is InChI=1S/C17H21N5O3/c1-11(18-15(23)12-6-3-2-4-7-12)16(24)22-9-5-8-13(10-22)14-19-17(25)21-20-14/h2-4,6-7,11,13H,5,8-10H2,1H3,(H,18,23)(H2,19,20,21,25). The number of likely N-dealkylation sites (tertiary alicyclic amines) is 1. The summed E-state index contributed by atoms with van der Waals surface area (Å²) in [7, 11) is 0. The molecule has 0 bridgehead atoms. The van der Waals surface area contributed by atoms with Crippen molar-refractivity contribution in [2.24, 2.45) is 0 Å². The molecule has 8 nitrogen and oxygen atoms in total. The zero-order chi connectivity index (χ0) is 17.8. The van der Waals surface area contributed by atoms with Gasteiger partial charge in [-0.15, -0.1) is 0 Å². The van der Waals surface area contributed by atoms with Crippen molar-refractivity contribution in [2.75, 3.05) is 13.1 Å². The monoisotopic (exact) mass is 343 g/mol. The fourth-order valence-electron chi connectivity index (χ4n) is 3.08. The summed E-state index contributed by atoms with van der Waals surface area (Å²) in [6, 6.07) is 8.18. The molecule has 1 aromatic heterocycles. The number of H-pyrrole nitrogens is 2. The summed E-state index contributed by atoms with van der Waals surface area (Å²) in [5.41, 5.74) is 0.176. The van der Waals surface area contributed by atoms with E-state index in [-0.39, 0.29) is 23.4 Å². The maximum Gasteiger partial charge on any atom is 0.340 e. The molecular weight excluding hydrogens is 322 g/mol. The van der Waals surface area contributed by atoms with Crippen molar-refractivity contribution in [2.45, 2.75) is 31.7 Å². The zero-order valence-corrected chi connectivity index (χ0v) is 14.0. The van der Waals surface area contributed by atoms with E-state index in [1.54, 1.807) is 36.1 Å². The highest BCUT2D eigenvalue weighted by Crippen LogP contribution is 2.23. The second-order valence-corrected chi connectivity index (χ2v) is 6.25. The molecule has 2 unspecified atom stereocenters. The van der Waals surface area contributed by atoms with Gasteiger partial charge in [0.2, 0.25) is 5.91 Å². The Balaban J connectivity index is 1.61. The first-order valence-electron chi connectivity index (χ1n) is 8.34. The maximum atomic E-state index is 12.7. The first-order valence-corrected chi connectivity index (χ1v) is 8.34. The molecule has 0 radical (unpaired) electrons. The molecule has 2 amide bonds. The number of piperidine rings is 1. The molecule has 0 aliphatic carbocycles. The molecule has 1 aliphatic heterocycles. The van der Waals surface area contributed by atoms with E-state index >= 15 is 0 Å². The van der Waals surface area contributed by atoms with Gasteiger partial charge in [0, 0.05) is 24.6 Å². The number of hydrogen-bond acceptors (Lipinski definition) is 4. The summed E-state index contributed by atoms with van der Waals surface area (Å²) in [6.07, 6.45) is 1.68. The van der Waals surface area contributed by atoms with Crippen molar-refractivity contribution >= 4 is 11.8 Å². The normalized spacial score (nSPS) is 18.6. The average Bonchev–Trinajstić information content (AvgIpc) is 3.08. The topological polar surface area (TPSA) is 111 Å². The van der Waals surface area contributed by atoms with Gasteiger partial charge in [-0.3, -0.25) is 14.6 Å². The van der Waals surface area contributed by atoms with Crippen molar-refractivity contribution < 1.29 is 9.59 Å². The van der Waals surface area contributed by atoms with Crippen molar-refractivity contribution in [3.8, 4) is 0 Å². The van der Waals surface area contributed by atoms with Crippen LogP contribution >= 0.6 is 0 Å². The molecule has 1 saturated heterocycles. The van der Waals surface area contributed by atoms with Crippen LogP contribution in [0, 0.1) is 0 Å². The lowest BCUT2D eigenvalue weighted by atomic mass is 9.97. The molecule has 0 spiro atoms. The van der Waals surface area contributed by atoms with E-state index in [1.807, 2.05) is 6.07 Å². The summed E-state index contributed by atoms with van der Waals surface area (Å²) in [4.78, 5) is 40.4. The Morgan fingerprint density at radius 1 is 1.32 bits per heavy atom. The van der Waals surface area contributed by atoms with Gasteiger partial charge in [0.05, 0.1) is 0 Å². The molecule has 1 aromatic carbocycles. The molecule has 2 heterocycles. The summed E-state index contributed by atoms with van der Waals surface area (Å²) < 4.78 is 0. The van der Waals surface area contributed by atoms with Gasteiger partial charge in [0.15, 0.2) is 0 Å². The first kappa shape index (κ1) is 16.9. The number of nitrogens with one attached hydrogen (secondary N) is 3. The lowest BCUT2D eigenvalue weighted by Gasteiger charge is -2.33. The Labute approximate surface area is 144 Å². The summed E-state index contributed by atoms with van der Waals surface area (Å²) in [5.74, 6) is 0.163. The third kappa shape index (κ3) is 3.96. The molecule has 25 heavy (non-hydrogen) atoms. The SMILES string of the molecule is CC(NC(=O)c1ccccc1)C(=O)N1CCCC(c2n[nH]c(=O)[nH]2)C1. The van der Waals surface area contributed by atoms with Crippen LogP contribution in [0.25, 0.3) is 0 Å². The van der Waals surface area contributed by atoms with E-state index in [0.717, 1.165) is 12.8 Å². The molecule has 1 aliphatic rings. The average molecular weight is 343 g/mol. The van der Waals surface area contributed by atoms with Gasteiger partial charge in [-0.05, 0) is 31.9 Å². The number of nitrogens with zero attached hydrogens (tertiary/aromatic N) is 2. The fraction of sp³-hybridized carbons (Fsp3) is 0.412. The van der Waals surface area contributed by atoms with Gasteiger partial charge in [-0.25, -0.2) is 9.89 Å². The predicted octanol–water partition coefficient (Wildman–Crippen LogP) is 0.623. The van der Waals surface area contributed by atoms with E-state index in [4.69, 9.17) is 0 Å². The molecule has 1 fully saturated rings. The second-order valence-electron chi connectivity index (χ2n) is 6.25. The minimum Gasteiger partial charge on any atom is -0.341 e. The number of carbonyl (C=O) groups is 2. The van der Waals surface area contributed by atoms with Crippen LogP contribution in [0.4, 0.5) is 0 Å². The van der Waals surface area contributed by atoms with Crippen LogP contribution < -0.4 is 11.0 Å². The van der Waals surface area contributed by atoms with Gasteiger partial charge >= 0.3 is 5.69 Å². The lowest BCUT2D eigenvalue weighted by Crippen LogP contribution is -2.49. The number of aromatic nitrogens is 3. The van der Waals surface area contributed by atoms with Crippen LogP contribution in [0.3, 0.4) is 0 Å². The Kier molecular flexibility index (Phi) is 4.97. The quantitative estimate of drug-likeness (QED) is 0.756. The minimum atomic E-state index is -0.621. The van der Waals surface area contributed by atoms with E-state index in [0.29, 0.717) is 24.5 Å². The first-order chi connectivity index (χ1) is 12.0. The highest BCUT2D eigenvalue weighted by molar-refractivity contribution is 5.97. The van der Waals surface area contributed by atoms with Gasteiger partial charge in [-0.2, -0.15) is 5.10 Å². The van der Waals surface area contributed by atoms with Crippen molar-refractivity contribution in [3.63, 3.8) is 0 Å². The highest BCUT2D eigenvalue weighted by Gasteiger charge is 2.29. The Hall–Kier alpha value is -2.90. The third-order valence-corrected chi connectivity index (χ3v) is 4.39. The van der Waals surface area contributed by atoms with Crippen LogP contribution in [-0.2, 0) is 4.79 Å². The molecule has 8 heteroatoms. The van der Waals surface area contributed by atoms with Crippen LogP contribution in [-0.4, -0.2) is 51.0 Å². The van der Waals surface area contributed by atoms with Crippen LogP contribution in [0.2, 0.25) is 0 Å². The largest absolute Gasteiger partial charge is 0.341 e. The Morgan fingerprint density at radius 2 is 2.08 bits per heavy atom. The van der Waals surface area contributed by atoms with Gasteiger partial charge in [0.25, 0.3) is 5.91 Å². The van der Waals surface area contributed by atoms with Crippen LogP contribution in [0.5, 0.6) is 0 Å². The van der Waals surface area contributed by atoms with Gasteiger partial charge < -0.3 is 10.2 Å². The summed E-state index contributed by atoms with van der Waals surface area (Å²) >= 11 is 0. The maximum absolute atomic E-state index is 12.7. The highest BCUT2D eigenvalue weighted by atomic mass is 16.2. The number of carbonyl (C=O) groups excluding carboxylic acids is 2. The van der Waals surface area contributed by atoms with E-state index in [9.17, 15) is 14.4 Å². The predicted molar refractivity (Wildman–Crippen MR) is 91.1 cm³/mol. The van der Waals surface area contributed by atoms with Crippen molar-refractivity contribution in [3.05, 3.63) is 52.2 Å². The van der Waals surface area contributed by atoms with Gasteiger partial charge in [0.1, 0.15) is 11.9 Å². The van der Waals surface area contributed by atoms with E-state index in [1.165, 1.54) is 0 Å². The van der Waals surface area contributed by atoms with E-state index < -0.39 is 6.04 Å². The van der Waals surface area contributed by atoms with E-state index in [2.05, 4.69) is 20.5 Å². The Morgan fingerprint density at radius 3 is 2.76 bits per heavy atom. The summed E-state index contributed by atoms with van der Waals surface area (Å²) in [6.45, 7) is 2.80. The van der Waals surface area contributed by atoms with Gasteiger partial charge in [-0.1, -0.05) is 18.2 Å². The number of benzene rings is 1. The lowest BCUT2D eigenvalue weighted by molar-refractivity contribution is -0.134. The minimum absolute atomic E-state index is 0.00586.